The molecule has 0 unspecified atom stereocenters. The zero-order valence-corrected chi connectivity index (χ0v) is 11.5. The zero-order valence-electron chi connectivity index (χ0n) is 10.7. The zero-order chi connectivity index (χ0) is 13.8. The highest BCUT2D eigenvalue weighted by atomic mass is 35.5. The number of halogens is 1. The maximum absolute atomic E-state index is 12.2. The summed E-state index contributed by atoms with van der Waals surface area (Å²) in [4.78, 5) is 12.2. The van der Waals surface area contributed by atoms with Crippen molar-refractivity contribution < 1.29 is 9.53 Å². The molecule has 0 heterocycles. The number of rotatable bonds is 3. The van der Waals surface area contributed by atoms with Crippen molar-refractivity contribution in [1.29, 1.82) is 0 Å². The Labute approximate surface area is 117 Å². The summed E-state index contributed by atoms with van der Waals surface area (Å²) in [6.45, 7) is 1.86. The molecule has 1 amide bonds. The fraction of sp³-hybridized carbons (Fsp3) is 0.133. The minimum Gasteiger partial charge on any atom is -0.497 e. The molecule has 0 bridgehead atoms. The number of hydrogen-bond acceptors (Lipinski definition) is 2. The van der Waals surface area contributed by atoms with E-state index in [-0.39, 0.29) is 5.91 Å². The van der Waals surface area contributed by atoms with Gasteiger partial charge in [0.2, 0.25) is 0 Å². The monoisotopic (exact) mass is 275 g/mol. The van der Waals surface area contributed by atoms with Gasteiger partial charge in [0.15, 0.2) is 0 Å². The van der Waals surface area contributed by atoms with Crippen LogP contribution in [0.25, 0.3) is 0 Å². The van der Waals surface area contributed by atoms with Gasteiger partial charge in [0.25, 0.3) is 5.91 Å². The van der Waals surface area contributed by atoms with E-state index in [1.165, 1.54) is 0 Å². The third-order valence-electron chi connectivity index (χ3n) is 2.80. The molecule has 2 aromatic carbocycles. The number of benzene rings is 2. The molecule has 0 aliphatic carbocycles. The molecule has 0 aromatic heterocycles. The number of anilines is 1. The van der Waals surface area contributed by atoms with Crippen LogP contribution in [0.2, 0.25) is 5.02 Å². The van der Waals surface area contributed by atoms with Gasteiger partial charge in [-0.15, -0.1) is 0 Å². The molecular weight excluding hydrogens is 262 g/mol. The molecular formula is C15H14ClNO2. The standard InChI is InChI=1S/C15H14ClNO2/c1-10-4-3-5-13(16)14(10)15(18)17-11-6-8-12(19-2)9-7-11/h3-9H,1-2H3,(H,17,18). The average Bonchev–Trinajstić information content (AvgIpc) is 2.39. The molecule has 4 heteroatoms. The second-order valence-corrected chi connectivity index (χ2v) is 4.52. The molecule has 2 aromatic rings. The van der Waals surface area contributed by atoms with Crippen LogP contribution in [0, 0.1) is 6.92 Å². The predicted octanol–water partition coefficient (Wildman–Crippen LogP) is 3.91. The molecule has 0 saturated carbocycles. The van der Waals surface area contributed by atoms with Gasteiger partial charge in [0.1, 0.15) is 5.75 Å². The molecule has 1 N–H and O–H groups in total. The second-order valence-electron chi connectivity index (χ2n) is 4.11. The van der Waals surface area contributed by atoms with Crippen LogP contribution in [0.4, 0.5) is 5.69 Å². The van der Waals surface area contributed by atoms with E-state index in [9.17, 15) is 4.79 Å². The Bertz CT molecular complexity index is 573. The molecule has 0 aliphatic rings. The molecule has 0 radical (unpaired) electrons. The number of nitrogens with one attached hydrogen (secondary N) is 1. The van der Waals surface area contributed by atoms with Gasteiger partial charge in [0.05, 0.1) is 17.7 Å². The number of carbonyl (C=O) groups is 1. The first kappa shape index (κ1) is 13.4. The van der Waals surface area contributed by atoms with Crippen molar-refractivity contribution in [2.24, 2.45) is 0 Å². The number of amides is 1. The average molecular weight is 276 g/mol. The minimum absolute atomic E-state index is 0.215. The molecule has 0 saturated heterocycles. The summed E-state index contributed by atoms with van der Waals surface area (Å²) in [5.74, 6) is 0.528. The molecule has 0 fully saturated rings. The topological polar surface area (TPSA) is 38.3 Å². The Morgan fingerprint density at radius 2 is 1.84 bits per heavy atom. The Hall–Kier alpha value is -2.00. The van der Waals surface area contributed by atoms with Crippen LogP contribution in [-0.4, -0.2) is 13.0 Å². The molecule has 0 atom stereocenters. The molecule has 98 valence electrons. The predicted molar refractivity (Wildman–Crippen MR) is 77.1 cm³/mol. The quantitative estimate of drug-likeness (QED) is 0.922. The minimum atomic E-state index is -0.215. The van der Waals surface area contributed by atoms with Crippen LogP contribution in [0.1, 0.15) is 15.9 Å². The molecule has 2 rings (SSSR count). The van der Waals surface area contributed by atoms with Crippen LogP contribution in [0.5, 0.6) is 5.75 Å². The van der Waals surface area contributed by atoms with E-state index >= 15 is 0 Å². The van der Waals surface area contributed by atoms with Crippen LogP contribution in [0.15, 0.2) is 42.5 Å². The normalized spacial score (nSPS) is 10.1. The summed E-state index contributed by atoms with van der Waals surface area (Å²) in [5, 5.41) is 3.26. The van der Waals surface area contributed by atoms with Crippen molar-refractivity contribution in [3.63, 3.8) is 0 Å². The van der Waals surface area contributed by atoms with E-state index < -0.39 is 0 Å². The van der Waals surface area contributed by atoms with Gasteiger partial charge < -0.3 is 10.1 Å². The van der Waals surface area contributed by atoms with E-state index in [1.807, 2.05) is 19.1 Å². The first-order chi connectivity index (χ1) is 9.11. The van der Waals surface area contributed by atoms with Gasteiger partial charge in [-0.3, -0.25) is 4.79 Å². The highest BCUT2D eigenvalue weighted by Gasteiger charge is 2.13. The molecule has 19 heavy (non-hydrogen) atoms. The number of hydrogen-bond donors (Lipinski definition) is 1. The fourth-order valence-corrected chi connectivity index (χ4v) is 2.10. The van der Waals surface area contributed by atoms with Crippen LogP contribution < -0.4 is 10.1 Å². The lowest BCUT2D eigenvalue weighted by atomic mass is 10.1. The van der Waals surface area contributed by atoms with Crippen LogP contribution >= 0.6 is 11.6 Å². The summed E-state index contributed by atoms with van der Waals surface area (Å²) in [6.07, 6.45) is 0. The number of ether oxygens (including phenoxy) is 1. The molecule has 3 nitrogen and oxygen atoms in total. The third kappa shape index (κ3) is 3.06. The summed E-state index contributed by atoms with van der Waals surface area (Å²) >= 11 is 6.06. The number of aryl methyl sites for hydroxylation is 1. The lowest BCUT2D eigenvalue weighted by Gasteiger charge is -2.09. The van der Waals surface area contributed by atoms with Crippen molar-refractivity contribution in [3.05, 3.63) is 58.6 Å². The van der Waals surface area contributed by atoms with Crippen molar-refractivity contribution in [2.45, 2.75) is 6.92 Å². The van der Waals surface area contributed by atoms with E-state index in [0.29, 0.717) is 16.3 Å². The van der Waals surface area contributed by atoms with Crippen molar-refractivity contribution in [2.75, 3.05) is 12.4 Å². The van der Waals surface area contributed by atoms with E-state index in [2.05, 4.69) is 5.32 Å². The maximum Gasteiger partial charge on any atom is 0.257 e. The highest BCUT2D eigenvalue weighted by molar-refractivity contribution is 6.34. The van der Waals surface area contributed by atoms with Gasteiger partial charge in [-0.05, 0) is 42.8 Å². The van der Waals surface area contributed by atoms with Gasteiger partial charge in [-0.2, -0.15) is 0 Å². The number of methoxy groups -OCH3 is 1. The van der Waals surface area contributed by atoms with Gasteiger partial charge >= 0.3 is 0 Å². The van der Waals surface area contributed by atoms with Gasteiger partial charge in [0, 0.05) is 5.69 Å². The number of carbonyl (C=O) groups excluding carboxylic acids is 1. The molecule has 0 aliphatic heterocycles. The lowest BCUT2D eigenvalue weighted by Crippen LogP contribution is -2.13. The first-order valence-corrected chi connectivity index (χ1v) is 6.20. The summed E-state index contributed by atoms with van der Waals surface area (Å²) < 4.78 is 5.06. The Morgan fingerprint density at radius 3 is 2.42 bits per heavy atom. The van der Waals surface area contributed by atoms with E-state index in [0.717, 1.165) is 11.3 Å². The fourth-order valence-electron chi connectivity index (χ4n) is 1.79. The Kier molecular flexibility index (Phi) is 4.07. The van der Waals surface area contributed by atoms with Gasteiger partial charge in [-0.25, -0.2) is 0 Å². The largest absolute Gasteiger partial charge is 0.497 e. The van der Waals surface area contributed by atoms with Crippen LogP contribution in [-0.2, 0) is 0 Å². The SMILES string of the molecule is COc1ccc(NC(=O)c2c(C)cccc2Cl)cc1. The van der Waals surface area contributed by atoms with Crippen molar-refractivity contribution in [1.82, 2.24) is 0 Å². The van der Waals surface area contributed by atoms with Crippen LogP contribution in [0.3, 0.4) is 0 Å². The lowest BCUT2D eigenvalue weighted by molar-refractivity contribution is 0.102. The Morgan fingerprint density at radius 1 is 1.16 bits per heavy atom. The Balaban J connectivity index is 2.21. The highest BCUT2D eigenvalue weighted by Crippen LogP contribution is 2.22. The van der Waals surface area contributed by atoms with Gasteiger partial charge in [-0.1, -0.05) is 23.7 Å². The van der Waals surface area contributed by atoms with E-state index in [1.54, 1.807) is 37.4 Å². The van der Waals surface area contributed by atoms with Crippen molar-refractivity contribution in [3.8, 4) is 5.75 Å². The molecule has 0 spiro atoms. The van der Waals surface area contributed by atoms with E-state index in [4.69, 9.17) is 16.3 Å². The maximum atomic E-state index is 12.2. The summed E-state index contributed by atoms with van der Waals surface area (Å²) in [7, 11) is 1.60. The third-order valence-corrected chi connectivity index (χ3v) is 3.11. The van der Waals surface area contributed by atoms with Crippen molar-refractivity contribution >= 4 is 23.2 Å². The summed E-state index contributed by atoms with van der Waals surface area (Å²) in [5.41, 5.74) is 2.05. The second kappa shape index (κ2) is 5.76. The first-order valence-electron chi connectivity index (χ1n) is 5.82. The summed E-state index contributed by atoms with van der Waals surface area (Å²) in [6, 6.07) is 12.5. The smallest absolute Gasteiger partial charge is 0.257 e.